The minimum absolute atomic E-state index is 0.209. The zero-order chi connectivity index (χ0) is 19.5. The summed E-state index contributed by atoms with van der Waals surface area (Å²) >= 11 is 0. The number of carbonyl (C=O) groups excluding carboxylic acids is 1. The van der Waals surface area contributed by atoms with Crippen molar-refractivity contribution in [3.05, 3.63) is 53.9 Å². The highest BCUT2D eigenvalue weighted by atomic mass is 16.6. The number of nitrogens with zero attached hydrogens (tertiary/aromatic N) is 3. The van der Waals surface area contributed by atoms with Gasteiger partial charge in [-0.25, -0.2) is 0 Å². The number of ether oxygens (including phenoxy) is 3. The van der Waals surface area contributed by atoms with E-state index in [9.17, 15) is 4.79 Å². The van der Waals surface area contributed by atoms with Crippen LogP contribution in [0.3, 0.4) is 0 Å². The topological polar surface area (TPSA) is 75.5 Å². The summed E-state index contributed by atoms with van der Waals surface area (Å²) in [5.74, 6) is 1.44. The average molecular weight is 379 g/mol. The summed E-state index contributed by atoms with van der Waals surface area (Å²) in [6, 6.07) is 9.45. The highest BCUT2D eigenvalue weighted by molar-refractivity contribution is 5.85. The highest BCUT2D eigenvalue weighted by Gasteiger charge is 2.21. The number of carbonyl (C=O) groups is 1. The Kier molecular flexibility index (Phi) is 4.97. The van der Waals surface area contributed by atoms with E-state index in [1.807, 2.05) is 22.9 Å². The van der Waals surface area contributed by atoms with E-state index >= 15 is 0 Å². The maximum Gasteiger partial charge on any atom is 0.175 e. The molecule has 28 heavy (non-hydrogen) atoms. The second-order valence-corrected chi connectivity index (χ2v) is 6.67. The molecule has 0 amide bonds. The Morgan fingerprint density at radius 1 is 1.18 bits per heavy atom. The van der Waals surface area contributed by atoms with E-state index in [4.69, 9.17) is 14.2 Å². The van der Waals surface area contributed by atoms with E-state index in [2.05, 4.69) is 23.9 Å². The molecule has 3 aromatic rings. The van der Waals surface area contributed by atoms with Gasteiger partial charge >= 0.3 is 0 Å². The Morgan fingerprint density at radius 3 is 2.86 bits per heavy atom. The lowest BCUT2D eigenvalue weighted by molar-refractivity contribution is 0.110. The third-order valence-electron chi connectivity index (χ3n) is 4.50. The van der Waals surface area contributed by atoms with Crippen LogP contribution >= 0.6 is 0 Å². The number of aromatic nitrogens is 3. The van der Waals surface area contributed by atoms with Crippen LogP contribution in [0.5, 0.6) is 17.2 Å². The Balaban J connectivity index is 1.63. The molecule has 7 heteroatoms. The van der Waals surface area contributed by atoms with E-state index in [1.165, 1.54) is 0 Å². The van der Waals surface area contributed by atoms with Crippen molar-refractivity contribution in [1.29, 1.82) is 0 Å². The molecule has 4 rings (SSSR count). The van der Waals surface area contributed by atoms with Gasteiger partial charge in [0, 0.05) is 24.0 Å². The van der Waals surface area contributed by atoms with Crippen molar-refractivity contribution in [2.24, 2.45) is 0 Å². The molecule has 7 nitrogen and oxygen atoms in total. The Labute approximate surface area is 162 Å². The van der Waals surface area contributed by atoms with Crippen LogP contribution in [0.15, 0.2) is 42.7 Å². The van der Waals surface area contributed by atoms with E-state index in [-0.39, 0.29) is 12.6 Å². The zero-order valence-corrected chi connectivity index (χ0v) is 15.8. The van der Waals surface area contributed by atoms with Gasteiger partial charge in [-0.3, -0.25) is 14.5 Å². The van der Waals surface area contributed by atoms with Crippen molar-refractivity contribution in [1.82, 2.24) is 14.8 Å². The molecule has 0 aliphatic carbocycles. The third-order valence-corrected chi connectivity index (χ3v) is 4.50. The summed E-state index contributed by atoms with van der Waals surface area (Å²) in [6.07, 6.45) is 4.25. The molecule has 2 aromatic heterocycles. The summed E-state index contributed by atoms with van der Waals surface area (Å²) in [5, 5.41) is 4.39. The fourth-order valence-corrected chi connectivity index (χ4v) is 3.21. The zero-order valence-electron chi connectivity index (χ0n) is 15.8. The molecule has 0 spiro atoms. The van der Waals surface area contributed by atoms with Gasteiger partial charge in [-0.15, -0.1) is 0 Å². The fraction of sp³-hybridized carbons (Fsp3) is 0.286. The van der Waals surface area contributed by atoms with Crippen LogP contribution in [-0.4, -0.2) is 34.3 Å². The van der Waals surface area contributed by atoms with Crippen LogP contribution in [0, 0.1) is 0 Å². The van der Waals surface area contributed by atoms with Crippen molar-refractivity contribution in [2.75, 3.05) is 13.2 Å². The second-order valence-electron chi connectivity index (χ2n) is 6.67. The van der Waals surface area contributed by atoms with Gasteiger partial charge in [-0.2, -0.15) is 5.10 Å². The van der Waals surface area contributed by atoms with Gasteiger partial charge < -0.3 is 14.2 Å². The average Bonchev–Trinajstić information content (AvgIpc) is 3.22. The fourth-order valence-electron chi connectivity index (χ4n) is 3.21. The Hall–Kier alpha value is -3.35. The van der Waals surface area contributed by atoms with Gasteiger partial charge in [0.15, 0.2) is 17.8 Å². The molecule has 0 N–H and O–H groups in total. The molecule has 144 valence electrons. The van der Waals surface area contributed by atoms with Crippen molar-refractivity contribution in [3.63, 3.8) is 0 Å². The highest BCUT2D eigenvalue weighted by Crippen LogP contribution is 2.38. The maximum absolute atomic E-state index is 11.6. The molecular weight excluding hydrogens is 358 g/mol. The largest absolute Gasteiger partial charge is 0.488 e. The van der Waals surface area contributed by atoms with Crippen LogP contribution in [0.4, 0.5) is 0 Å². The lowest BCUT2D eigenvalue weighted by Crippen LogP contribution is -2.17. The van der Waals surface area contributed by atoms with Gasteiger partial charge in [-0.1, -0.05) is 6.07 Å². The van der Waals surface area contributed by atoms with Crippen molar-refractivity contribution in [3.8, 4) is 28.6 Å². The first kappa shape index (κ1) is 18.0. The number of aldehydes is 1. The molecule has 0 radical (unpaired) electrons. The standard InChI is InChI=1S/C21H21N3O4/c1-14(2)24-17(7-9-23-24)20-15(4-3-8-22-20)13-28-18-5-6-19-21(16(18)12-25)27-11-10-26-19/h3-9,12,14H,10-11,13H2,1-2H3. The molecule has 0 saturated heterocycles. The van der Waals surface area contributed by atoms with Crippen LogP contribution in [0.25, 0.3) is 11.4 Å². The molecule has 0 fully saturated rings. The van der Waals surface area contributed by atoms with E-state index in [0.29, 0.717) is 36.0 Å². The monoisotopic (exact) mass is 379 g/mol. The van der Waals surface area contributed by atoms with Crippen molar-refractivity contribution in [2.45, 2.75) is 26.5 Å². The maximum atomic E-state index is 11.6. The summed E-state index contributed by atoms with van der Waals surface area (Å²) in [5.41, 5.74) is 2.98. The van der Waals surface area contributed by atoms with Crippen molar-refractivity contribution < 1.29 is 19.0 Å². The number of hydrogen-bond donors (Lipinski definition) is 0. The number of benzene rings is 1. The third kappa shape index (κ3) is 3.31. The lowest BCUT2D eigenvalue weighted by Gasteiger charge is -2.21. The first-order chi connectivity index (χ1) is 13.7. The number of fused-ring (bicyclic) bond motifs is 1. The minimum atomic E-state index is 0.209. The normalized spacial score (nSPS) is 12.8. The van der Waals surface area contributed by atoms with Crippen LogP contribution in [0.2, 0.25) is 0 Å². The molecule has 0 atom stereocenters. The van der Waals surface area contributed by atoms with Gasteiger partial charge in [-0.05, 0) is 38.1 Å². The predicted octanol–water partition coefficient (Wildman–Crippen LogP) is 3.69. The molecule has 0 saturated carbocycles. The second kappa shape index (κ2) is 7.72. The van der Waals surface area contributed by atoms with Gasteiger partial charge in [0.1, 0.15) is 31.1 Å². The lowest BCUT2D eigenvalue weighted by atomic mass is 10.1. The SMILES string of the molecule is CC(C)n1nccc1-c1ncccc1COc1ccc2c(c1C=O)OCCO2. The van der Waals surface area contributed by atoms with Gasteiger partial charge in [0.05, 0.1) is 11.4 Å². The number of pyridine rings is 1. The first-order valence-electron chi connectivity index (χ1n) is 9.17. The van der Waals surface area contributed by atoms with E-state index in [1.54, 1.807) is 24.5 Å². The van der Waals surface area contributed by atoms with E-state index < -0.39 is 0 Å². The Bertz CT molecular complexity index is 997. The van der Waals surface area contributed by atoms with Crippen LogP contribution in [0.1, 0.15) is 35.8 Å². The number of hydrogen-bond acceptors (Lipinski definition) is 6. The van der Waals surface area contributed by atoms with Gasteiger partial charge in [0.2, 0.25) is 0 Å². The summed E-state index contributed by atoms with van der Waals surface area (Å²) < 4.78 is 19.0. The summed E-state index contributed by atoms with van der Waals surface area (Å²) in [6.45, 7) is 5.27. The molecule has 0 unspecified atom stereocenters. The molecule has 3 heterocycles. The molecular formula is C21H21N3O4. The van der Waals surface area contributed by atoms with E-state index in [0.717, 1.165) is 23.2 Å². The van der Waals surface area contributed by atoms with Gasteiger partial charge in [0.25, 0.3) is 0 Å². The smallest absolute Gasteiger partial charge is 0.175 e. The summed E-state index contributed by atoms with van der Waals surface area (Å²) in [7, 11) is 0. The molecule has 1 aliphatic heterocycles. The molecule has 0 bridgehead atoms. The first-order valence-corrected chi connectivity index (χ1v) is 9.17. The number of rotatable bonds is 6. The Morgan fingerprint density at radius 2 is 2.04 bits per heavy atom. The summed E-state index contributed by atoms with van der Waals surface area (Å²) in [4.78, 5) is 16.2. The minimum Gasteiger partial charge on any atom is -0.488 e. The van der Waals surface area contributed by atoms with Crippen LogP contribution < -0.4 is 14.2 Å². The van der Waals surface area contributed by atoms with Crippen molar-refractivity contribution >= 4 is 6.29 Å². The van der Waals surface area contributed by atoms with Crippen LogP contribution in [-0.2, 0) is 6.61 Å². The molecule has 1 aliphatic rings. The quantitative estimate of drug-likeness (QED) is 0.608. The molecule has 1 aromatic carbocycles. The predicted molar refractivity (Wildman–Crippen MR) is 103 cm³/mol.